The molecule has 1 saturated heterocycles. The average Bonchev–Trinajstić information content (AvgIpc) is 2.28. The van der Waals surface area contributed by atoms with E-state index in [1.54, 1.807) is 0 Å². The lowest BCUT2D eigenvalue weighted by Crippen LogP contribution is -2.34. The van der Waals surface area contributed by atoms with Gasteiger partial charge in [0, 0.05) is 19.6 Å². The van der Waals surface area contributed by atoms with E-state index in [2.05, 4.69) is 4.90 Å². The Morgan fingerprint density at radius 2 is 2.00 bits per heavy atom. The van der Waals surface area contributed by atoms with Crippen LogP contribution >= 0.6 is 0 Å². The van der Waals surface area contributed by atoms with Crippen LogP contribution < -0.4 is 0 Å². The monoisotopic (exact) mass is 212 g/mol. The molecule has 0 aromatic carbocycles. The molecule has 1 aliphatic rings. The zero-order valence-electron chi connectivity index (χ0n) is 9.45. The number of hydrogen-bond donors (Lipinski definition) is 1. The minimum Gasteiger partial charge on any atom is -0.396 e. The molecule has 1 radical (unpaired) electrons. The number of rotatable bonds is 7. The van der Waals surface area contributed by atoms with E-state index in [9.17, 15) is 4.79 Å². The summed E-state index contributed by atoms with van der Waals surface area (Å²) in [5, 5.41) is 8.73. The van der Waals surface area contributed by atoms with Crippen LogP contribution in [0.2, 0.25) is 0 Å². The molecule has 0 bridgehead atoms. The Labute approximate surface area is 92.5 Å². The standard InChI is InChI=1S/C12H22NO2/c14-10-2-1-4-12-5-8-13(9-6-12)7-3-11-15/h12,15H,1-9,11H2. The summed E-state index contributed by atoms with van der Waals surface area (Å²) >= 11 is 0. The molecule has 1 heterocycles. The highest BCUT2D eigenvalue weighted by atomic mass is 16.3. The van der Waals surface area contributed by atoms with Crippen molar-refractivity contribution in [3.63, 3.8) is 0 Å². The Kier molecular flexibility index (Phi) is 6.60. The topological polar surface area (TPSA) is 40.5 Å². The van der Waals surface area contributed by atoms with Crippen LogP contribution in [0.25, 0.3) is 0 Å². The second-order valence-corrected chi connectivity index (χ2v) is 4.40. The van der Waals surface area contributed by atoms with Crippen LogP contribution in [-0.2, 0) is 4.79 Å². The lowest BCUT2D eigenvalue weighted by Gasteiger charge is -2.31. The van der Waals surface area contributed by atoms with Crippen LogP contribution in [0.5, 0.6) is 0 Å². The Morgan fingerprint density at radius 1 is 1.27 bits per heavy atom. The molecule has 0 spiro atoms. The molecule has 87 valence electrons. The number of aliphatic hydroxyl groups is 1. The van der Waals surface area contributed by atoms with E-state index < -0.39 is 0 Å². The first-order chi connectivity index (χ1) is 7.36. The third-order valence-electron chi connectivity index (χ3n) is 3.23. The number of piperidine rings is 1. The zero-order chi connectivity index (χ0) is 10.9. The van der Waals surface area contributed by atoms with Crippen LogP contribution in [-0.4, -0.2) is 42.5 Å². The van der Waals surface area contributed by atoms with E-state index in [0.717, 1.165) is 38.4 Å². The van der Waals surface area contributed by atoms with Crippen molar-refractivity contribution in [3.05, 3.63) is 0 Å². The fraction of sp³-hybridized carbons (Fsp3) is 0.917. The van der Waals surface area contributed by atoms with E-state index >= 15 is 0 Å². The van der Waals surface area contributed by atoms with E-state index in [-0.39, 0.29) is 0 Å². The molecule has 0 amide bonds. The molecule has 3 nitrogen and oxygen atoms in total. The number of carbonyl (C=O) groups excluding carboxylic acids is 1. The van der Waals surface area contributed by atoms with Crippen LogP contribution in [0.3, 0.4) is 0 Å². The summed E-state index contributed by atoms with van der Waals surface area (Å²) in [5.41, 5.74) is 0. The average molecular weight is 212 g/mol. The maximum atomic E-state index is 10.1. The molecule has 1 rings (SSSR count). The van der Waals surface area contributed by atoms with Crippen molar-refractivity contribution in [2.45, 2.75) is 38.5 Å². The Bertz CT molecular complexity index is 165. The third-order valence-corrected chi connectivity index (χ3v) is 3.23. The van der Waals surface area contributed by atoms with Crippen molar-refractivity contribution in [3.8, 4) is 0 Å². The lowest BCUT2D eigenvalue weighted by molar-refractivity contribution is 0.162. The smallest absolute Gasteiger partial charge is 0.198 e. The minimum absolute atomic E-state index is 0.301. The lowest BCUT2D eigenvalue weighted by atomic mass is 9.91. The minimum atomic E-state index is 0.301. The predicted octanol–water partition coefficient (Wildman–Crippen LogP) is 1.36. The molecule has 0 atom stereocenters. The summed E-state index contributed by atoms with van der Waals surface area (Å²) in [6, 6.07) is 0. The fourth-order valence-corrected chi connectivity index (χ4v) is 2.26. The Balaban J connectivity index is 2.04. The highest BCUT2D eigenvalue weighted by Gasteiger charge is 2.17. The van der Waals surface area contributed by atoms with Crippen molar-refractivity contribution in [1.82, 2.24) is 4.90 Å². The first-order valence-corrected chi connectivity index (χ1v) is 6.05. The van der Waals surface area contributed by atoms with Gasteiger partial charge in [-0.2, -0.15) is 0 Å². The van der Waals surface area contributed by atoms with Gasteiger partial charge >= 0.3 is 0 Å². The van der Waals surface area contributed by atoms with Crippen molar-refractivity contribution in [1.29, 1.82) is 0 Å². The fourth-order valence-electron chi connectivity index (χ4n) is 2.26. The van der Waals surface area contributed by atoms with Gasteiger partial charge in [0.1, 0.15) is 0 Å². The van der Waals surface area contributed by atoms with Crippen LogP contribution in [0.1, 0.15) is 38.5 Å². The molecule has 1 fully saturated rings. The van der Waals surface area contributed by atoms with Crippen LogP contribution in [0, 0.1) is 5.92 Å². The van der Waals surface area contributed by atoms with E-state index in [1.165, 1.54) is 19.3 Å². The zero-order valence-corrected chi connectivity index (χ0v) is 9.45. The summed E-state index contributed by atoms with van der Waals surface area (Å²) < 4.78 is 0. The highest BCUT2D eigenvalue weighted by molar-refractivity contribution is 5.50. The Morgan fingerprint density at radius 3 is 2.60 bits per heavy atom. The van der Waals surface area contributed by atoms with Gasteiger partial charge in [0.15, 0.2) is 6.29 Å². The molecule has 0 aromatic heterocycles. The normalized spacial score (nSPS) is 19.3. The van der Waals surface area contributed by atoms with Crippen molar-refractivity contribution < 1.29 is 9.90 Å². The number of aliphatic hydroxyl groups excluding tert-OH is 1. The summed E-state index contributed by atoms with van der Waals surface area (Å²) in [5.74, 6) is 0.809. The van der Waals surface area contributed by atoms with Crippen LogP contribution in [0.4, 0.5) is 0 Å². The number of likely N-dealkylation sites (tertiary alicyclic amines) is 1. The summed E-state index contributed by atoms with van der Waals surface area (Å²) in [6.07, 6.45) is 8.15. The van der Waals surface area contributed by atoms with Gasteiger partial charge in [-0.3, -0.25) is 4.79 Å². The van der Waals surface area contributed by atoms with Gasteiger partial charge in [-0.15, -0.1) is 0 Å². The summed E-state index contributed by atoms with van der Waals surface area (Å²) in [4.78, 5) is 12.5. The van der Waals surface area contributed by atoms with E-state index in [1.807, 2.05) is 6.29 Å². The molecular formula is C12H22NO2. The molecule has 15 heavy (non-hydrogen) atoms. The van der Waals surface area contributed by atoms with E-state index in [4.69, 9.17) is 5.11 Å². The van der Waals surface area contributed by atoms with Crippen LogP contribution in [0.15, 0.2) is 0 Å². The maximum absolute atomic E-state index is 10.1. The molecule has 3 heteroatoms. The summed E-state index contributed by atoms with van der Waals surface area (Å²) in [7, 11) is 0. The highest BCUT2D eigenvalue weighted by Crippen LogP contribution is 2.22. The van der Waals surface area contributed by atoms with Crippen molar-refractivity contribution >= 4 is 6.29 Å². The second kappa shape index (κ2) is 7.83. The van der Waals surface area contributed by atoms with Gasteiger partial charge in [-0.05, 0) is 51.1 Å². The first-order valence-electron chi connectivity index (χ1n) is 6.05. The molecule has 0 saturated carbocycles. The van der Waals surface area contributed by atoms with Gasteiger partial charge in [0.2, 0.25) is 0 Å². The SMILES string of the molecule is O=[C]CCCC1CCN(CCCO)CC1. The second-order valence-electron chi connectivity index (χ2n) is 4.40. The molecule has 0 aliphatic carbocycles. The first kappa shape index (κ1) is 12.7. The van der Waals surface area contributed by atoms with E-state index in [0.29, 0.717) is 13.0 Å². The van der Waals surface area contributed by atoms with Crippen molar-refractivity contribution in [2.75, 3.05) is 26.2 Å². The summed E-state index contributed by atoms with van der Waals surface area (Å²) in [6.45, 7) is 3.66. The maximum Gasteiger partial charge on any atom is 0.198 e. The number of hydrogen-bond acceptors (Lipinski definition) is 3. The van der Waals surface area contributed by atoms with Crippen molar-refractivity contribution in [2.24, 2.45) is 5.92 Å². The molecule has 1 N–H and O–H groups in total. The number of nitrogens with zero attached hydrogens (tertiary/aromatic N) is 1. The predicted molar refractivity (Wildman–Crippen MR) is 60.4 cm³/mol. The quantitative estimate of drug-likeness (QED) is 0.648. The molecule has 0 unspecified atom stereocenters. The largest absolute Gasteiger partial charge is 0.396 e. The van der Waals surface area contributed by atoms with Gasteiger partial charge in [0.05, 0.1) is 0 Å². The van der Waals surface area contributed by atoms with Gasteiger partial charge in [-0.1, -0.05) is 0 Å². The van der Waals surface area contributed by atoms with Gasteiger partial charge in [0.25, 0.3) is 0 Å². The van der Waals surface area contributed by atoms with Gasteiger partial charge < -0.3 is 10.0 Å². The molecule has 1 aliphatic heterocycles. The van der Waals surface area contributed by atoms with Gasteiger partial charge in [-0.25, -0.2) is 0 Å². The third kappa shape index (κ3) is 5.28. The molecule has 0 aromatic rings. The number of unbranched alkanes of at least 4 members (excludes halogenated alkanes) is 1. The Hall–Kier alpha value is -0.410. The molecular weight excluding hydrogens is 190 g/mol.